The third-order valence-corrected chi connectivity index (χ3v) is 12.8. The van der Waals surface area contributed by atoms with Gasteiger partial charge in [0.05, 0.1) is 24.2 Å². The molecule has 0 fully saturated rings. The molecule has 0 saturated carbocycles. The monoisotopic (exact) mass is 767 g/mol. The Hall–Kier alpha value is -5.01. The zero-order valence-corrected chi connectivity index (χ0v) is 37.3. The van der Waals surface area contributed by atoms with Crippen molar-refractivity contribution in [2.45, 2.75) is 58.9 Å². The maximum Gasteiger partial charge on any atom is 0.0695 e. The van der Waals surface area contributed by atoms with E-state index in [0.29, 0.717) is 0 Å². The van der Waals surface area contributed by atoms with E-state index in [4.69, 9.17) is 0 Å². The Morgan fingerprint density at radius 2 is 0.491 bits per heavy atom. The highest BCUT2D eigenvalue weighted by Gasteiger charge is 2.19. The molecule has 0 unspecified atom stereocenters. The predicted octanol–water partition coefficient (Wildman–Crippen LogP) is 15.1. The zero-order valence-electron chi connectivity index (χ0n) is 34.3. The average molecular weight is 768 g/mol. The molecule has 0 spiro atoms. The standard InChI is InChI=1S/C51H57NSi3/c1-53(2,3)37-49(40-19-13-10-14-20-40)43-25-31-46(32-26-43)52(47-33-27-44(28-34-47)50(38-54(4,5)6)41-21-15-11-16-22-41)48-35-29-45(30-36-48)51(39-55(7,8)9)42-23-17-12-18-24-42/h10-39H,1-9H3. The quantitative estimate of drug-likeness (QED) is 0.112. The minimum Gasteiger partial charge on any atom is -0.311 e. The first-order valence-corrected chi connectivity index (χ1v) is 30.3. The fraction of sp³-hybridized carbons (Fsp3) is 0.176. The molecular weight excluding hydrogens is 711 g/mol. The van der Waals surface area contributed by atoms with Crippen LogP contribution in [0.2, 0.25) is 58.9 Å². The molecule has 6 aromatic carbocycles. The summed E-state index contributed by atoms with van der Waals surface area (Å²) in [5.41, 5.74) is 22.5. The maximum absolute atomic E-state index is 2.53. The smallest absolute Gasteiger partial charge is 0.0695 e. The molecule has 0 saturated heterocycles. The van der Waals surface area contributed by atoms with Gasteiger partial charge >= 0.3 is 0 Å². The summed E-state index contributed by atoms with van der Waals surface area (Å²) in [6.45, 7) is 21.7. The molecule has 0 bridgehead atoms. The Bertz CT molecular complexity index is 1980. The first-order chi connectivity index (χ1) is 26.1. The second kappa shape index (κ2) is 16.8. The lowest BCUT2D eigenvalue weighted by Crippen LogP contribution is -2.17. The third-order valence-electron chi connectivity index (χ3n) is 9.30. The summed E-state index contributed by atoms with van der Waals surface area (Å²) in [6.07, 6.45) is 0. The van der Waals surface area contributed by atoms with Crippen molar-refractivity contribution in [3.05, 3.63) is 214 Å². The SMILES string of the molecule is C[Si](C)(C)C=C(c1ccccc1)c1ccc(N(c2ccc(C(=C[Si](C)(C)C)c3ccccc3)cc2)c2ccc(C(=C[Si](C)(C)C)c3ccccc3)cc2)cc1. The Labute approximate surface area is 334 Å². The van der Waals surface area contributed by atoms with Gasteiger partial charge in [0.25, 0.3) is 0 Å². The Kier molecular flexibility index (Phi) is 12.1. The summed E-state index contributed by atoms with van der Waals surface area (Å²) in [5.74, 6) is 0. The van der Waals surface area contributed by atoms with Crippen LogP contribution in [0, 0.1) is 0 Å². The van der Waals surface area contributed by atoms with E-state index in [-0.39, 0.29) is 0 Å². The molecule has 0 aliphatic rings. The number of nitrogens with zero attached hydrogens (tertiary/aromatic N) is 1. The highest BCUT2D eigenvalue weighted by molar-refractivity contribution is 6.82. The van der Waals surface area contributed by atoms with Crippen LogP contribution in [0.1, 0.15) is 33.4 Å². The third kappa shape index (κ3) is 10.8. The van der Waals surface area contributed by atoms with Gasteiger partial charge in [-0.15, -0.1) is 0 Å². The van der Waals surface area contributed by atoms with Gasteiger partial charge in [-0.25, -0.2) is 0 Å². The fourth-order valence-corrected chi connectivity index (χ4v) is 10.6. The Morgan fingerprint density at radius 3 is 0.691 bits per heavy atom. The van der Waals surface area contributed by atoms with Gasteiger partial charge in [-0.05, 0) is 86.5 Å². The van der Waals surface area contributed by atoms with E-state index >= 15 is 0 Å². The highest BCUT2D eigenvalue weighted by atomic mass is 28.3. The lowest BCUT2D eigenvalue weighted by molar-refractivity contribution is 1.28. The van der Waals surface area contributed by atoms with Crippen LogP contribution in [0.4, 0.5) is 17.1 Å². The molecule has 0 atom stereocenters. The van der Waals surface area contributed by atoms with Crippen molar-refractivity contribution >= 4 is 58.0 Å². The molecule has 0 aromatic heterocycles. The van der Waals surface area contributed by atoms with Crippen molar-refractivity contribution in [1.82, 2.24) is 0 Å². The molecule has 0 heterocycles. The van der Waals surface area contributed by atoms with E-state index < -0.39 is 24.2 Å². The molecule has 1 nitrogen and oxygen atoms in total. The van der Waals surface area contributed by atoms with E-state index in [2.05, 4.69) is 245 Å². The van der Waals surface area contributed by atoms with Crippen LogP contribution < -0.4 is 4.90 Å². The Morgan fingerprint density at radius 1 is 0.291 bits per heavy atom. The number of anilines is 3. The van der Waals surface area contributed by atoms with Crippen molar-refractivity contribution in [2.24, 2.45) is 0 Å². The van der Waals surface area contributed by atoms with Crippen LogP contribution >= 0.6 is 0 Å². The lowest BCUT2D eigenvalue weighted by Gasteiger charge is -2.27. The van der Waals surface area contributed by atoms with Gasteiger partial charge in [0.1, 0.15) is 0 Å². The maximum atomic E-state index is 2.53. The van der Waals surface area contributed by atoms with Crippen LogP contribution in [-0.4, -0.2) is 24.2 Å². The molecule has 0 aliphatic carbocycles. The first-order valence-electron chi connectivity index (χ1n) is 19.6. The van der Waals surface area contributed by atoms with Crippen molar-refractivity contribution in [2.75, 3.05) is 4.90 Å². The van der Waals surface area contributed by atoms with Crippen LogP contribution in [0.15, 0.2) is 181 Å². The van der Waals surface area contributed by atoms with Gasteiger partial charge in [0.2, 0.25) is 0 Å². The fourth-order valence-electron chi connectivity index (χ4n) is 6.97. The summed E-state index contributed by atoms with van der Waals surface area (Å²) in [6, 6.07) is 60.1. The van der Waals surface area contributed by atoms with Crippen molar-refractivity contribution < 1.29 is 0 Å². The van der Waals surface area contributed by atoms with E-state index in [1.807, 2.05) is 0 Å². The summed E-state index contributed by atoms with van der Waals surface area (Å²) in [4.78, 5) is 2.40. The highest BCUT2D eigenvalue weighted by Crippen LogP contribution is 2.38. The predicted molar refractivity (Wildman–Crippen MR) is 252 cm³/mol. The number of benzene rings is 6. The van der Waals surface area contributed by atoms with Crippen molar-refractivity contribution in [3.8, 4) is 0 Å². The van der Waals surface area contributed by atoms with E-state index in [9.17, 15) is 0 Å². The summed E-state index contributed by atoms with van der Waals surface area (Å²) in [7, 11) is -4.54. The number of hydrogen-bond donors (Lipinski definition) is 0. The Balaban J connectivity index is 1.45. The molecule has 55 heavy (non-hydrogen) atoms. The summed E-state index contributed by atoms with van der Waals surface area (Å²) in [5, 5.41) is 0. The average Bonchev–Trinajstić information content (AvgIpc) is 3.16. The van der Waals surface area contributed by atoms with E-state index in [0.717, 1.165) is 17.1 Å². The minimum atomic E-state index is -1.51. The number of rotatable bonds is 12. The van der Waals surface area contributed by atoms with Gasteiger partial charge in [0.15, 0.2) is 0 Å². The van der Waals surface area contributed by atoms with Gasteiger partial charge in [-0.2, -0.15) is 0 Å². The normalized spacial score (nSPS) is 13.1. The van der Waals surface area contributed by atoms with Crippen molar-refractivity contribution in [1.29, 1.82) is 0 Å². The topological polar surface area (TPSA) is 3.24 Å². The van der Waals surface area contributed by atoms with Gasteiger partial charge in [-0.1, -0.05) is 203 Å². The van der Waals surface area contributed by atoms with Crippen LogP contribution in [0.25, 0.3) is 16.7 Å². The molecule has 0 aliphatic heterocycles. The molecule has 0 radical (unpaired) electrons. The van der Waals surface area contributed by atoms with E-state index in [1.165, 1.54) is 50.1 Å². The second-order valence-corrected chi connectivity index (χ2v) is 32.9. The zero-order chi connectivity index (χ0) is 39.2. The molecular formula is C51H57NSi3. The van der Waals surface area contributed by atoms with Gasteiger partial charge in [0, 0.05) is 17.1 Å². The first kappa shape index (κ1) is 39.7. The van der Waals surface area contributed by atoms with Crippen molar-refractivity contribution in [3.63, 3.8) is 0 Å². The van der Waals surface area contributed by atoms with Crippen LogP contribution in [0.5, 0.6) is 0 Å². The lowest BCUT2D eigenvalue weighted by atomic mass is 9.98. The second-order valence-electron chi connectivity index (χ2n) is 17.8. The molecule has 6 rings (SSSR count). The largest absolute Gasteiger partial charge is 0.311 e. The molecule has 4 heteroatoms. The summed E-state index contributed by atoms with van der Waals surface area (Å²) < 4.78 is 0. The number of hydrogen-bond acceptors (Lipinski definition) is 1. The van der Waals surface area contributed by atoms with Crippen LogP contribution in [0.3, 0.4) is 0 Å². The van der Waals surface area contributed by atoms with E-state index in [1.54, 1.807) is 0 Å². The molecule has 278 valence electrons. The van der Waals surface area contributed by atoms with Crippen LogP contribution in [-0.2, 0) is 0 Å². The summed E-state index contributed by atoms with van der Waals surface area (Å²) >= 11 is 0. The molecule has 6 aromatic rings. The minimum absolute atomic E-state index is 1.13. The molecule has 0 amide bonds. The van der Waals surface area contributed by atoms with Gasteiger partial charge in [-0.3, -0.25) is 0 Å². The van der Waals surface area contributed by atoms with Gasteiger partial charge < -0.3 is 4.90 Å². The molecule has 0 N–H and O–H groups in total.